The molecule has 1 fully saturated rings. The van der Waals surface area contributed by atoms with Gasteiger partial charge >= 0.3 is 0 Å². The van der Waals surface area contributed by atoms with E-state index >= 15 is 0 Å². The minimum atomic E-state index is 0.0442. The number of phenolic OH excluding ortho intramolecular Hbond substituents is 1. The number of amides is 1. The summed E-state index contributed by atoms with van der Waals surface area (Å²) in [4.78, 5) is 17.2. The Kier molecular flexibility index (Phi) is 9.48. The first-order valence-corrected chi connectivity index (χ1v) is 10.5. The molecule has 0 saturated heterocycles. The van der Waals surface area contributed by atoms with Crippen LogP contribution in [0.5, 0.6) is 11.5 Å². The molecule has 1 aromatic carbocycles. The van der Waals surface area contributed by atoms with Gasteiger partial charge in [-0.15, -0.1) is 0 Å². The summed E-state index contributed by atoms with van der Waals surface area (Å²) in [5.74, 6) is 0.536. The Morgan fingerprint density at radius 2 is 1.83 bits per heavy atom. The van der Waals surface area contributed by atoms with Crippen molar-refractivity contribution in [1.29, 1.82) is 0 Å². The molecule has 6 heteroatoms. The van der Waals surface area contributed by atoms with Crippen LogP contribution in [0.25, 0.3) is 6.08 Å². The van der Waals surface area contributed by atoms with Gasteiger partial charge < -0.3 is 24.4 Å². The summed E-state index contributed by atoms with van der Waals surface area (Å²) < 4.78 is 10.6. The summed E-state index contributed by atoms with van der Waals surface area (Å²) >= 11 is 0. The molecule has 0 heterocycles. The number of ether oxygens (including phenoxy) is 2. The summed E-state index contributed by atoms with van der Waals surface area (Å²) in [7, 11) is 7.43. The van der Waals surface area contributed by atoms with Gasteiger partial charge in [0.05, 0.1) is 13.2 Å². The van der Waals surface area contributed by atoms with E-state index in [1.54, 1.807) is 37.5 Å². The van der Waals surface area contributed by atoms with Gasteiger partial charge in [-0.25, -0.2) is 0 Å². The molecule has 0 spiro atoms. The van der Waals surface area contributed by atoms with Crippen LogP contribution in [0, 0.1) is 0 Å². The van der Waals surface area contributed by atoms with Crippen molar-refractivity contribution < 1.29 is 19.4 Å². The van der Waals surface area contributed by atoms with Gasteiger partial charge in [0.2, 0.25) is 5.91 Å². The molecule has 162 valence electrons. The van der Waals surface area contributed by atoms with Gasteiger partial charge in [0.15, 0.2) is 11.5 Å². The highest BCUT2D eigenvalue weighted by molar-refractivity contribution is 5.92. The van der Waals surface area contributed by atoms with Crippen molar-refractivity contribution >= 4 is 12.0 Å². The predicted octanol–water partition coefficient (Wildman–Crippen LogP) is 3.54. The van der Waals surface area contributed by atoms with Gasteiger partial charge in [-0.1, -0.05) is 6.07 Å². The van der Waals surface area contributed by atoms with Crippen LogP contribution >= 0.6 is 0 Å². The van der Waals surface area contributed by atoms with Crippen molar-refractivity contribution in [3.8, 4) is 11.5 Å². The lowest BCUT2D eigenvalue weighted by molar-refractivity contribution is -0.129. The molecule has 0 unspecified atom stereocenters. The molecule has 1 amide bonds. The van der Waals surface area contributed by atoms with Gasteiger partial charge in [-0.2, -0.15) is 0 Å². The minimum absolute atomic E-state index is 0.0442. The number of hydrogen-bond donors (Lipinski definition) is 1. The fraction of sp³-hybridized carbons (Fsp3) is 0.609. The third kappa shape index (κ3) is 7.37. The van der Waals surface area contributed by atoms with Crippen molar-refractivity contribution in [2.24, 2.45) is 0 Å². The van der Waals surface area contributed by atoms with Crippen LogP contribution in [0.2, 0.25) is 0 Å². The standard InChI is InChI=1S/C23H36N2O4/c1-24(2)15-5-6-16-25(19-9-11-20(28-3)12-10-19)23(27)14-8-18-7-13-21(26)22(17-18)29-4/h7-8,13-14,17,19-20,26H,5-6,9-12,15-16H2,1-4H3/b14-8+/t19-,20-. The maximum atomic E-state index is 13.0. The van der Waals surface area contributed by atoms with Crippen LogP contribution in [0.3, 0.4) is 0 Å². The summed E-state index contributed by atoms with van der Waals surface area (Å²) in [6.07, 6.45) is 9.79. The van der Waals surface area contributed by atoms with Crippen LogP contribution < -0.4 is 4.74 Å². The molecular formula is C23H36N2O4. The predicted molar refractivity (Wildman–Crippen MR) is 116 cm³/mol. The molecule has 29 heavy (non-hydrogen) atoms. The van der Waals surface area contributed by atoms with E-state index in [1.165, 1.54) is 7.11 Å². The van der Waals surface area contributed by atoms with E-state index in [-0.39, 0.29) is 17.7 Å². The molecule has 0 atom stereocenters. The van der Waals surface area contributed by atoms with Crippen molar-refractivity contribution in [3.05, 3.63) is 29.8 Å². The van der Waals surface area contributed by atoms with E-state index in [0.717, 1.165) is 57.2 Å². The van der Waals surface area contributed by atoms with E-state index in [9.17, 15) is 9.90 Å². The number of aromatic hydroxyl groups is 1. The zero-order valence-corrected chi connectivity index (χ0v) is 18.3. The van der Waals surface area contributed by atoms with Gasteiger partial charge in [-0.3, -0.25) is 4.79 Å². The Hall–Kier alpha value is -2.05. The zero-order valence-electron chi connectivity index (χ0n) is 18.3. The largest absolute Gasteiger partial charge is 0.504 e. The number of methoxy groups -OCH3 is 2. The van der Waals surface area contributed by atoms with Gasteiger partial charge in [0, 0.05) is 25.8 Å². The molecule has 1 aliphatic rings. The fourth-order valence-corrected chi connectivity index (χ4v) is 3.84. The lowest BCUT2D eigenvalue weighted by atomic mass is 9.91. The Labute approximate surface area is 175 Å². The van der Waals surface area contributed by atoms with Crippen LogP contribution in [0.4, 0.5) is 0 Å². The van der Waals surface area contributed by atoms with Crippen molar-refractivity contribution in [1.82, 2.24) is 9.80 Å². The number of carbonyl (C=O) groups is 1. The monoisotopic (exact) mass is 404 g/mol. The second-order valence-electron chi connectivity index (χ2n) is 7.97. The van der Waals surface area contributed by atoms with E-state index in [2.05, 4.69) is 19.0 Å². The van der Waals surface area contributed by atoms with Crippen molar-refractivity contribution in [2.45, 2.75) is 50.7 Å². The molecule has 6 nitrogen and oxygen atoms in total. The highest BCUT2D eigenvalue weighted by atomic mass is 16.5. The molecule has 1 aliphatic carbocycles. The SMILES string of the molecule is COc1cc(/C=C/C(=O)N(CCCCN(C)C)[C@H]2CC[C@H](OC)CC2)ccc1O. The molecule has 1 aromatic rings. The van der Waals surface area contributed by atoms with Crippen LogP contribution in [-0.4, -0.2) is 74.4 Å². The van der Waals surface area contributed by atoms with Crippen molar-refractivity contribution in [2.75, 3.05) is 41.4 Å². The maximum Gasteiger partial charge on any atom is 0.246 e. The van der Waals surface area contributed by atoms with Gasteiger partial charge in [0.25, 0.3) is 0 Å². The quantitative estimate of drug-likeness (QED) is 0.477. The average Bonchev–Trinajstić information content (AvgIpc) is 2.73. The van der Waals surface area contributed by atoms with Crippen molar-refractivity contribution in [3.63, 3.8) is 0 Å². The van der Waals surface area contributed by atoms with Gasteiger partial charge in [0.1, 0.15) is 0 Å². The topological polar surface area (TPSA) is 62.2 Å². The van der Waals surface area contributed by atoms with E-state index in [0.29, 0.717) is 11.9 Å². The van der Waals surface area contributed by atoms with E-state index in [1.807, 2.05) is 4.90 Å². The Morgan fingerprint density at radius 1 is 1.14 bits per heavy atom. The number of nitrogens with zero attached hydrogens (tertiary/aromatic N) is 2. The van der Waals surface area contributed by atoms with E-state index < -0.39 is 0 Å². The number of rotatable bonds is 10. The Bertz CT molecular complexity index is 667. The molecule has 2 rings (SSSR count). The molecule has 1 saturated carbocycles. The maximum absolute atomic E-state index is 13.0. The normalized spacial score (nSPS) is 19.6. The number of benzene rings is 1. The fourth-order valence-electron chi connectivity index (χ4n) is 3.84. The highest BCUT2D eigenvalue weighted by Crippen LogP contribution is 2.28. The Balaban J connectivity index is 2.04. The van der Waals surface area contributed by atoms with Gasteiger partial charge in [-0.05, 0) is 82.9 Å². The first kappa shape index (κ1) is 23.2. The van der Waals surface area contributed by atoms with E-state index in [4.69, 9.17) is 9.47 Å². The van der Waals surface area contributed by atoms with Crippen LogP contribution in [0.1, 0.15) is 44.1 Å². The number of unbranched alkanes of at least 4 members (excludes halogenated alkanes) is 1. The molecule has 0 aliphatic heterocycles. The minimum Gasteiger partial charge on any atom is -0.504 e. The highest BCUT2D eigenvalue weighted by Gasteiger charge is 2.27. The smallest absolute Gasteiger partial charge is 0.246 e. The second-order valence-corrected chi connectivity index (χ2v) is 7.97. The lowest BCUT2D eigenvalue weighted by Gasteiger charge is -2.36. The summed E-state index contributed by atoms with van der Waals surface area (Å²) in [6, 6.07) is 5.35. The summed E-state index contributed by atoms with van der Waals surface area (Å²) in [5, 5.41) is 9.73. The second kappa shape index (κ2) is 11.8. The zero-order chi connectivity index (χ0) is 21.2. The van der Waals surface area contributed by atoms with Crippen LogP contribution in [-0.2, 0) is 9.53 Å². The third-order valence-electron chi connectivity index (χ3n) is 5.58. The summed E-state index contributed by atoms with van der Waals surface area (Å²) in [5.41, 5.74) is 0.823. The average molecular weight is 405 g/mol. The number of carbonyl (C=O) groups excluding carboxylic acids is 1. The number of hydrogen-bond acceptors (Lipinski definition) is 5. The van der Waals surface area contributed by atoms with Crippen LogP contribution in [0.15, 0.2) is 24.3 Å². The number of phenols is 1. The first-order valence-electron chi connectivity index (χ1n) is 10.5. The molecular weight excluding hydrogens is 368 g/mol. The molecule has 0 radical (unpaired) electrons. The third-order valence-corrected chi connectivity index (χ3v) is 5.58. The first-order chi connectivity index (χ1) is 13.9. The molecule has 0 aromatic heterocycles. The Morgan fingerprint density at radius 3 is 2.45 bits per heavy atom. The molecule has 1 N–H and O–H groups in total. The molecule has 0 bridgehead atoms. The summed E-state index contributed by atoms with van der Waals surface area (Å²) in [6.45, 7) is 1.81. The lowest BCUT2D eigenvalue weighted by Crippen LogP contribution is -2.43.